The molecular weight excluding hydrogens is 518 g/mol. The Morgan fingerprint density at radius 2 is 1.47 bits per heavy atom. The third-order valence-electron chi connectivity index (χ3n) is 7.77. The molecule has 0 aromatic heterocycles. The molecule has 3 fully saturated rings. The third-order valence-corrected chi connectivity index (χ3v) is 7.77. The molecule has 0 radical (unpaired) electrons. The lowest BCUT2D eigenvalue weighted by molar-refractivity contribution is -0.946. The smallest absolute Gasteiger partial charge is 0.343 e. The standard InChI is InChI=1S/C30H34NO4.BrH/c32-29(30(33,26-12-6-2-7-13-26)22-24-10-4-1-5-11-24)35-28-23-31(18-16-25(28)17-19-31)20-21-34-27-14-8-3-9-15-27;/h1-15,25,28,33H,16-23H2;1H/q+1;/p-1/t25?,28-,30?,31?;/m0./s1. The summed E-state index contributed by atoms with van der Waals surface area (Å²) in [4.78, 5) is 13.6. The molecule has 3 aromatic carbocycles. The average molecular weight is 553 g/mol. The minimum atomic E-state index is -1.73. The van der Waals surface area contributed by atoms with Crippen LogP contribution in [0.5, 0.6) is 5.75 Å². The molecule has 0 saturated carbocycles. The Balaban J connectivity index is 0.00000304. The van der Waals surface area contributed by atoms with Crippen molar-refractivity contribution in [3.8, 4) is 5.75 Å². The van der Waals surface area contributed by atoms with Gasteiger partial charge in [0, 0.05) is 25.2 Å². The first kappa shape index (κ1) is 26.4. The van der Waals surface area contributed by atoms with Gasteiger partial charge in [-0.2, -0.15) is 0 Å². The van der Waals surface area contributed by atoms with Crippen molar-refractivity contribution >= 4 is 5.97 Å². The number of fused-ring (bicyclic) bond motifs is 3. The van der Waals surface area contributed by atoms with Gasteiger partial charge in [0.25, 0.3) is 0 Å². The molecule has 190 valence electrons. The van der Waals surface area contributed by atoms with Gasteiger partial charge in [-0.25, -0.2) is 4.79 Å². The summed E-state index contributed by atoms with van der Waals surface area (Å²) in [7, 11) is 0. The van der Waals surface area contributed by atoms with E-state index in [4.69, 9.17) is 9.47 Å². The normalized spacial score (nSPS) is 24.2. The Morgan fingerprint density at radius 3 is 2.11 bits per heavy atom. The van der Waals surface area contributed by atoms with Gasteiger partial charge in [0.05, 0.1) is 13.1 Å². The van der Waals surface area contributed by atoms with Crippen LogP contribution in [0.25, 0.3) is 0 Å². The molecule has 3 aliphatic heterocycles. The van der Waals surface area contributed by atoms with E-state index in [-0.39, 0.29) is 29.5 Å². The summed E-state index contributed by atoms with van der Waals surface area (Å²) in [5.41, 5.74) is -0.267. The van der Waals surface area contributed by atoms with Gasteiger partial charge >= 0.3 is 5.97 Å². The fourth-order valence-corrected chi connectivity index (χ4v) is 5.68. The number of halogens is 1. The van der Waals surface area contributed by atoms with Crippen LogP contribution in [0, 0.1) is 5.92 Å². The van der Waals surface area contributed by atoms with E-state index in [1.807, 2.05) is 78.9 Å². The van der Waals surface area contributed by atoms with Crippen LogP contribution in [0.4, 0.5) is 0 Å². The number of piperidine rings is 3. The highest BCUT2D eigenvalue weighted by atomic mass is 79.9. The zero-order valence-corrected chi connectivity index (χ0v) is 22.1. The summed E-state index contributed by atoms with van der Waals surface area (Å²) >= 11 is 0. The minimum absolute atomic E-state index is 0. The number of quaternary nitrogens is 1. The van der Waals surface area contributed by atoms with Crippen molar-refractivity contribution in [3.05, 3.63) is 102 Å². The number of benzene rings is 3. The topological polar surface area (TPSA) is 55.8 Å². The quantitative estimate of drug-likeness (QED) is 0.322. The minimum Gasteiger partial charge on any atom is -1.00 e. The number of nitrogens with zero attached hydrogens (tertiary/aromatic N) is 1. The zero-order chi connectivity index (χ0) is 24.1. The number of aliphatic hydroxyl groups is 1. The number of para-hydroxylation sites is 1. The highest BCUT2D eigenvalue weighted by Crippen LogP contribution is 2.37. The predicted octanol–water partition coefficient (Wildman–Crippen LogP) is 1.35. The first-order valence-corrected chi connectivity index (χ1v) is 12.6. The fraction of sp³-hybridized carbons (Fsp3) is 0.367. The van der Waals surface area contributed by atoms with Crippen molar-refractivity contribution in [3.63, 3.8) is 0 Å². The van der Waals surface area contributed by atoms with Crippen molar-refractivity contribution < 1.29 is 40.8 Å². The summed E-state index contributed by atoms with van der Waals surface area (Å²) in [6.07, 6.45) is 2.06. The van der Waals surface area contributed by atoms with Crippen molar-refractivity contribution in [1.29, 1.82) is 0 Å². The number of hydrogen-bond donors (Lipinski definition) is 1. The van der Waals surface area contributed by atoms with Crippen LogP contribution in [0.2, 0.25) is 0 Å². The van der Waals surface area contributed by atoms with Gasteiger partial charge < -0.3 is 36.0 Å². The molecule has 1 unspecified atom stereocenters. The Bertz CT molecular complexity index is 1100. The van der Waals surface area contributed by atoms with Crippen LogP contribution in [0.3, 0.4) is 0 Å². The maximum atomic E-state index is 13.6. The number of carbonyl (C=O) groups excluding carboxylic acids is 1. The zero-order valence-electron chi connectivity index (χ0n) is 20.5. The molecule has 3 saturated heterocycles. The molecule has 3 aliphatic rings. The maximum absolute atomic E-state index is 13.6. The van der Waals surface area contributed by atoms with Crippen LogP contribution >= 0.6 is 0 Å². The molecule has 2 bridgehead atoms. The molecule has 0 spiro atoms. The average Bonchev–Trinajstić information content (AvgIpc) is 2.91. The van der Waals surface area contributed by atoms with Crippen molar-refractivity contribution in [2.45, 2.75) is 31.0 Å². The van der Waals surface area contributed by atoms with Crippen molar-refractivity contribution in [1.82, 2.24) is 0 Å². The van der Waals surface area contributed by atoms with Gasteiger partial charge in [0.2, 0.25) is 0 Å². The fourth-order valence-electron chi connectivity index (χ4n) is 5.68. The van der Waals surface area contributed by atoms with Gasteiger partial charge in [-0.3, -0.25) is 0 Å². The SMILES string of the molecule is O=C(O[C@H]1C[N+]2(CCOc3ccccc3)CCC1CC2)C(O)(Cc1ccccc1)c1ccccc1.[Br-]. The summed E-state index contributed by atoms with van der Waals surface area (Å²) in [6.45, 7) is 4.48. The van der Waals surface area contributed by atoms with E-state index >= 15 is 0 Å². The summed E-state index contributed by atoms with van der Waals surface area (Å²) in [5, 5.41) is 11.7. The maximum Gasteiger partial charge on any atom is 0.343 e. The third kappa shape index (κ3) is 5.83. The molecule has 5 nitrogen and oxygen atoms in total. The van der Waals surface area contributed by atoms with Gasteiger partial charge in [0.15, 0.2) is 11.7 Å². The monoisotopic (exact) mass is 551 g/mol. The first-order valence-electron chi connectivity index (χ1n) is 12.6. The molecule has 6 rings (SSSR count). The van der Waals surface area contributed by atoms with E-state index < -0.39 is 11.6 Å². The molecule has 0 aliphatic carbocycles. The van der Waals surface area contributed by atoms with Crippen LogP contribution in [-0.2, 0) is 21.6 Å². The van der Waals surface area contributed by atoms with Crippen LogP contribution in [0.1, 0.15) is 24.0 Å². The molecule has 0 amide bonds. The number of carbonyl (C=O) groups is 1. The number of rotatable bonds is 9. The van der Waals surface area contributed by atoms with E-state index in [1.165, 1.54) is 0 Å². The largest absolute Gasteiger partial charge is 1.00 e. The lowest BCUT2D eigenvalue weighted by Crippen LogP contribution is -3.00. The van der Waals surface area contributed by atoms with Gasteiger partial charge in [-0.05, 0) is 23.3 Å². The second kappa shape index (κ2) is 11.6. The molecule has 3 heterocycles. The van der Waals surface area contributed by atoms with Crippen molar-refractivity contribution in [2.24, 2.45) is 5.92 Å². The van der Waals surface area contributed by atoms with Gasteiger partial charge in [-0.1, -0.05) is 78.9 Å². The Kier molecular flexibility index (Phi) is 8.50. The second-order valence-corrected chi connectivity index (χ2v) is 10.0. The van der Waals surface area contributed by atoms with E-state index in [9.17, 15) is 9.90 Å². The molecule has 2 atom stereocenters. The molecule has 1 N–H and O–H groups in total. The Hall–Kier alpha value is -2.67. The number of esters is 1. The van der Waals surface area contributed by atoms with E-state index in [2.05, 4.69) is 0 Å². The lowest BCUT2D eigenvalue weighted by atomic mass is 9.82. The van der Waals surface area contributed by atoms with E-state index in [1.54, 1.807) is 12.1 Å². The van der Waals surface area contributed by atoms with E-state index in [0.717, 1.165) is 54.8 Å². The van der Waals surface area contributed by atoms with Crippen LogP contribution < -0.4 is 21.7 Å². The first-order chi connectivity index (χ1) is 17.1. The summed E-state index contributed by atoms with van der Waals surface area (Å²) in [5.74, 6) is 0.685. The second-order valence-electron chi connectivity index (χ2n) is 10.0. The van der Waals surface area contributed by atoms with Crippen LogP contribution in [-0.4, -0.2) is 54.4 Å². The van der Waals surface area contributed by atoms with E-state index in [0.29, 0.717) is 18.1 Å². The lowest BCUT2D eigenvalue weighted by Gasteiger charge is -2.52. The highest BCUT2D eigenvalue weighted by Gasteiger charge is 2.50. The Labute approximate surface area is 224 Å². The Morgan fingerprint density at radius 1 is 0.889 bits per heavy atom. The van der Waals surface area contributed by atoms with Crippen LogP contribution in [0.15, 0.2) is 91.0 Å². The highest BCUT2D eigenvalue weighted by molar-refractivity contribution is 5.81. The molecule has 6 heteroatoms. The number of ether oxygens (including phenoxy) is 2. The van der Waals surface area contributed by atoms with Gasteiger partial charge in [0.1, 0.15) is 25.4 Å². The number of hydrogen-bond acceptors (Lipinski definition) is 4. The summed E-state index contributed by atoms with van der Waals surface area (Å²) < 4.78 is 13.1. The predicted molar refractivity (Wildman–Crippen MR) is 135 cm³/mol. The van der Waals surface area contributed by atoms with Crippen molar-refractivity contribution in [2.75, 3.05) is 32.8 Å². The molecule has 36 heavy (non-hydrogen) atoms. The molecule has 3 aromatic rings. The summed E-state index contributed by atoms with van der Waals surface area (Å²) in [6, 6.07) is 28.7. The molecular formula is C30H34BrNO4. The van der Waals surface area contributed by atoms with Gasteiger partial charge in [-0.15, -0.1) is 0 Å².